The number of aliphatic hydroxyl groups excluding tert-OH is 1. The molecule has 3 heteroatoms. The zero-order valence-electron chi connectivity index (χ0n) is 7.94. The molecule has 0 radical (unpaired) electrons. The van der Waals surface area contributed by atoms with Crippen LogP contribution in [-0.4, -0.2) is 22.5 Å². The minimum Gasteiger partial charge on any atom is -0.395 e. The topological polar surface area (TPSA) is 50.2 Å². The summed E-state index contributed by atoms with van der Waals surface area (Å²) >= 11 is 0. The average molecular weight is 191 g/mol. The molecule has 0 atom stereocenters. The van der Waals surface area contributed by atoms with Gasteiger partial charge in [0.1, 0.15) is 5.69 Å². The van der Waals surface area contributed by atoms with E-state index >= 15 is 0 Å². The van der Waals surface area contributed by atoms with Crippen LogP contribution in [0.15, 0.2) is 24.4 Å². The van der Waals surface area contributed by atoms with Gasteiger partial charge in [0.05, 0.1) is 12.0 Å². The number of aromatic nitrogens is 1. The Hall–Kier alpha value is -1.22. The van der Waals surface area contributed by atoms with Gasteiger partial charge < -0.3 is 5.11 Å². The summed E-state index contributed by atoms with van der Waals surface area (Å²) in [6, 6.07) is 5.28. The highest BCUT2D eigenvalue weighted by Gasteiger charge is 2.44. The zero-order valence-corrected chi connectivity index (χ0v) is 7.94. The van der Waals surface area contributed by atoms with Crippen LogP contribution in [0.5, 0.6) is 0 Å². The van der Waals surface area contributed by atoms with Crippen LogP contribution in [-0.2, 0) is 0 Å². The number of carbonyl (C=O) groups is 1. The summed E-state index contributed by atoms with van der Waals surface area (Å²) in [6.45, 7) is -0.0532. The summed E-state index contributed by atoms with van der Waals surface area (Å²) in [7, 11) is 0. The van der Waals surface area contributed by atoms with Gasteiger partial charge >= 0.3 is 0 Å². The first-order chi connectivity index (χ1) is 6.78. The smallest absolute Gasteiger partial charge is 0.189 e. The summed E-state index contributed by atoms with van der Waals surface area (Å²) in [5.74, 6) is -0.00755. The molecule has 14 heavy (non-hydrogen) atoms. The highest BCUT2D eigenvalue weighted by molar-refractivity contribution is 5.99. The third-order valence-corrected chi connectivity index (χ3v) is 2.99. The van der Waals surface area contributed by atoms with Gasteiger partial charge in [-0.1, -0.05) is 12.5 Å². The Labute approximate surface area is 82.8 Å². The quantitative estimate of drug-likeness (QED) is 0.735. The van der Waals surface area contributed by atoms with Gasteiger partial charge in [-0.2, -0.15) is 0 Å². The van der Waals surface area contributed by atoms with Gasteiger partial charge in [0.2, 0.25) is 0 Å². The molecule has 0 unspecified atom stereocenters. The van der Waals surface area contributed by atoms with Crippen molar-refractivity contribution in [2.75, 3.05) is 6.61 Å². The number of hydrogen-bond acceptors (Lipinski definition) is 3. The maximum atomic E-state index is 12.0. The number of pyridine rings is 1. The number of hydrogen-bond donors (Lipinski definition) is 1. The minimum atomic E-state index is -0.519. The molecule has 0 saturated heterocycles. The fourth-order valence-electron chi connectivity index (χ4n) is 1.83. The molecule has 0 aliphatic heterocycles. The van der Waals surface area contributed by atoms with Crippen LogP contribution in [0, 0.1) is 5.41 Å². The largest absolute Gasteiger partial charge is 0.395 e. The number of Topliss-reactive ketones (excluding diaryl/α,β-unsaturated/α-hetero) is 1. The van der Waals surface area contributed by atoms with Crippen LogP contribution >= 0.6 is 0 Å². The molecular formula is C11H13NO2. The van der Waals surface area contributed by atoms with E-state index in [-0.39, 0.29) is 12.4 Å². The third-order valence-electron chi connectivity index (χ3n) is 2.99. The molecule has 0 aromatic carbocycles. The van der Waals surface area contributed by atoms with E-state index in [9.17, 15) is 9.90 Å². The van der Waals surface area contributed by atoms with E-state index in [0.717, 1.165) is 19.3 Å². The van der Waals surface area contributed by atoms with E-state index in [1.807, 2.05) is 0 Å². The second-order valence-electron chi connectivity index (χ2n) is 3.84. The molecule has 1 N–H and O–H groups in total. The van der Waals surface area contributed by atoms with Crippen molar-refractivity contribution in [3.05, 3.63) is 30.1 Å². The first-order valence-electron chi connectivity index (χ1n) is 4.85. The van der Waals surface area contributed by atoms with E-state index in [1.54, 1.807) is 24.4 Å². The lowest BCUT2D eigenvalue weighted by atomic mass is 9.66. The van der Waals surface area contributed by atoms with Crippen molar-refractivity contribution in [1.29, 1.82) is 0 Å². The second-order valence-corrected chi connectivity index (χ2v) is 3.84. The molecule has 0 bridgehead atoms. The molecule has 1 saturated carbocycles. The minimum absolute atomic E-state index is 0.00755. The molecule has 1 heterocycles. The normalized spacial score (nSPS) is 18.6. The molecule has 1 aliphatic carbocycles. The van der Waals surface area contributed by atoms with Crippen molar-refractivity contribution < 1.29 is 9.90 Å². The van der Waals surface area contributed by atoms with Crippen molar-refractivity contribution in [2.24, 2.45) is 5.41 Å². The van der Waals surface area contributed by atoms with E-state index < -0.39 is 5.41 Å². The van der Waals surface area contributed by atoms with E-state index in [4.69, 9.17) is 0 Å². The van der Waals surface area contributed by atoms with E-state index in [1.165, 1.54) is 0 Å². The number of carbonyl (C=O) groups excluding carboxylic acids is 1. The second kappa shape index (κ2) is 3.50. The lowest BCUT2D eigenvalue weighted by molar-refractivity contribution is 0.0342. The van der Waals surface area contributed by atoms with Gasteiger partial charge in [0, 0.05) is 6.20 Å². The lowest BCUT2D eigenvalue weighted by Gasteiger charge is -2.38. The van der Waals surface area contributed by atoms with Crippen molar-refractivity contribution in [1.82, 2.24) is 4.98 Å². The summed E-state index contributed by atoms with van der Waals surface area (Å²) in [5, 5.41) is 9.22. The Morgan fingerprint density at radius 2 is 2.29 bits per heavy atom. The predicted octanol–water partition coefficient (Wildman–Crippen LogP) is 1.43. The molecule has 1 aromatic rings. The highest BCUT2D eigenvalue weighted by atomic mass is 16.3. The molecule has 0 spiro atoms. The molecule has 1 aliphatic rings. The van der Waals surface area contributed by atoms with Crippen LogP contribution < -0.4 is 0 Å². The van der Waals surface area contributed by atoms with Gasteiger partial charge in [0.25, 0.3) is 0 Å². The summed E-state index contributed by atoms with van der Waals surface area (Å²) in [5.41, 5.74) is -0.0461. The zero-order chi connectivity index (χ0) is 10.0. The molecule has 2 rings (SSSR count). The van der Waals surface area contributed by atoms with Gasteiger partial charge in [-0.25, -0.2) is 0 Å². The Morgan fingerprint density at radius 1 is 1.50 bits per heavy atom. The summed E-state index contributed by atoms with van der Waals surface area (Å²) in [6.07, 6.45) is 4.22. The van der Waals surface area contributed by atoms with Crippen molar-refractivity contribution in [3.8, 4) is 0 Å². The van der Waals surface area contributed by atoms with Gasteiger partial charge in [-0.3, -0.25) is 9.78 Å². The average Bonchev–Trinajstić information content (AvgIpc) is 2.18. The maximum Gasteiger partial charge on any atom is 0.189 e. The standard InChI is InChI=1S/C11H13NO2/c13-8-11(5-3-6-11)10(14)9-4-1-2-7-12-9/h1-2,4,7,13H,3,5-6,8H2. The number of rotatable bonds is 3. The number of nitrogens with zero attached hydrogens (tertiary/aromatic N) is 1. The predicted molar refractivity (Wildman–Crippen MR) is 51.9 cm³/mol. The Morgan fingerprint density at radius 3 is 2.71 bits per heavy atom. The fraction of sp³-hybridized carbons (Fsp3) is 0.455. The van der Waals surface area contributed by atoms with Gasteiger partial charge in [-0.15, -0.1) is 0 Å². The molecule has 1 fully saturated rings. The molecule has 1 aromatic heterocycles. The fourth-order valence-corrected chi connectivity index (χ4v) is 1.83. The van der Waals surface area contributed by atoms with Crippen molar-refractivity contribution in [2.45, 2.75) is 19.3 Å². The number of ketones is 1. The van der Waals surface area contributed by atoms with Crippen molar-refractivity contribution in [3.63, 3.8) is 0 Å². The Balaban J connectivity index is 2.23. The molecule has 74 valence electrons. The van der Waals surface area contributed by atoms with Gasteiger partial charge in [0.15, 0.2) is 5.78 Å². The van der Waals surface area contributed by atoms with E-state index in [2.05, 4.69) is 4.98 Å². The monoisotopic (exact) mass is 191 g/mol. The van der Waals surface area contributed by atoms with Crippen molar-refractivity contribution >= 4 is 5.78 Å². The van der Waals surface area contributed by atoms with E-state index in [0.29, 0.717) is 5.69 Å². The summed E-state index contributed by atoms with van der Waals surface area (Å²) in [4.78, 5) is 16.0. The van der Waals surface area contributed by atoms with Crippen LogP contribution in [0.4, 0.5) is 0 Å². The van der Waals surface area contributed by atoms with Crippen LogP contribution in [0.3, 0.4) is 0 Å². The maximum absolute atomic E-state index is 12.0. The Kier molecular flexibility index (Phi) is 2.33. The van der Waals surface area contributed by atoms with Crippen LogP contribution in [0.2, 0.25) is 0 Å². The molecule has 3 nitrogen and oxygen atoms in total. The lowest BCUT2D eigenvalue weighted by Crippen LogP contribution is -2.41. The number of aliphatic hydroxyl groups is 1. The van der Waals surface area contributed by atoms with Crippen LogP contribution in [0.1, 0.15) is 29.8 Å². The van der Waals surface area contributed by atoms with Gasteiger partial charge in [-0.05, 0) is 25.0 Å². The molecule has 0 amide bonds. The van der Waals surface area contributed by atoms with Crippen LogP contribution in [0.25, 0.3) is 0 Å². The summed E-state index contributed by atoms with van der Waals surface area (Å²) < 4.78 is 0. The molecular weight excluding hydrogens is 178 g/mol. The Bertz CT molecular complexity index is 325. The highest BCUT2D eigenvalue weighted by Crippen LogP contribution is 2.42. The SMILES string of the molecule is O=C(c1ccccn1)C1(CO)CCC1. The third kappa shape index (κ3) is 1.34. The first kappa shape index (κ1) is 9.34. The first-order valence-corrected chi connectivity index (χ1v) is 4.85.